The van der Waals surface area contributed by atoms with E-state index in [4.69, 9.17) is 22.4 Å². The van der Waals surface area contributed by atoms with Crippen LogP contribution in [0.1, 0.15) is 18.0 Å². The molecule has 1 atom stereocenters. The molecular formula is C9H9ClFNO2. The number of carboxylic acids is 1. The van der Waals surface area contributed by atoms with Gasteiger partial charge < -0.3 is 10.8 Å². The normalized spacial score (nSPS) is 12.5. The lowest BCUT2D eigenvalue weighted by Crippen LogP contribution is -2.16. The van der Waals surface area contributed by atoms with Gasteiger partial charge in [0, 0.05) is 16.6 Å². The van der Waals surface area contributed by atoms with Gasteiger partial charge in [-0.05, 0) is 12.1 Å². The van der Waals surface area contributed by atoms with Crippen molar-refractivity contribution in [1.29, 1.82) is 0 Å². The zero-order valence-corrected chi connectivity index (χ0v) is 7.96. The highest BCUT2D eigenvalue weighted by molar-refractivity contribution is 6.30. The molecule has 0 aliphatic rings. The van der Waals surface area contributed by atoms with Gasteiger partial charge >= 0.3 is 5.97 Å². The van der Waals surface area contributed by atoms with Crippen molar-refractivity contribution in [3.05, 3.63) is 34.6 Å². The summed E-state index contributed by atoms with van der Waals surface area (Å²) >= 11 is 5.53. The summed E-state index contributed by atoms with van der Waals surface area (Å²) in [6, 6.07) is 3.13. The number of aliphatic carboxylic acids is 1. The number of hydrogen-bond donors (Lipinski definition) is 2. The molecule has 0 saturated carbocycles. The molecule has 0 amide bonds. The largest absolute Gasteiger partial charge is 0.481 e. The zero-order valence-electron chi connectivity index (χ0n) is 7.21. The highest BCUT2D eigenvalue weighted by atomic mass is 35.5. The second-order valence-electron chi connectivity index (χ2n) is 2.87. The fourth-order valence-electron chi connectivity index (χ4n) is 1.10. The number of carbonyl (C=O) groups is 1. The maximum atomic E-state index is 13.2. The third-order valence-electron chi connectivity index (χ3n) is 1.76. The van der Waals surface area contributed by atoms with E-state index >= 15 is 0 Å². The highest BCUT2D eigenvalue weighted by Crippen LogP contribution is 2.21. The quantitative estimate of drug-likeness (QED) is 0.814. The van der Waals surface area contributed by atoms with Crippen LogP contribution in [0.15, 0.2) is 18.2 Å². The average molecular weight is 218 g/mol. The summed E-state index contributed by atoms with van der Waals surface area (Å²) in [6.07, 6.45) is -0.307. The van der Waals surface area contributed by atoms with Crippen LogP contribution in [0.3, 0.4) is 0 Å². The predicted octanol–water partition coefficient (Wildman–Crippen LogP) is 1.95. The summed E-state index contributed by atoms with van der Waals surface area (Å²) in [7, 11) is 0. The zero-order chi connectivity index (χ0) is 10.7. The summed E-state index contributed by atoms with van der Waals surface area (Å²) in [5, 5.41) is 8.72. The molecule has 0 aliphatic carbocycles. The molecule has 3 N–H and O–H groups in total. The number of hydrogen-bond acceptors (Lipinski definition) is 2. The fraction of sp³-hybridized carbons (Fsp3) is 0.222. The lowest BCUT2D eigenvalue weighted by molar-refractivity contribution is -0.137. The predicted molar refractivity (Wildman–Crippen MR) is 50.6 cm³/mol. The van der Waals surface area contributed by atoms with Gasteiger partial charge in [-0.15, -0.1) is 0 Å². The molecule has 1 aromatic rings. The summed E-state index contributed by atoms with van der Waals surface area (Å²) in [5.41, 5.74) is 5.65. The molecule has 3 nitrogen and oxygen atoms in total. The van der Waals surface area contributed by atoms with Crippen LogP contribution in [0, 0.1) is 5.82 Å². The van der Waals surface area contributed by atoms with Gasteiger partial charge in [-0.2, -0.15) is 0 Å². The van der Waals surface area contributed by atoms with Crippen molar-refractivity contribution in [2.75, 3.05) is 0 Å². The van der Waals surface area contributed by atoms with Gasteiger partial charge in [-0.3, -0.25) is 4.79 Å². The topological polar surface area (TPSA) is 63.3 Å². The average Bonchev–Trinajstić information content (AvgIpc) is 2.01. The van der Waals surface area contributed by atoms with Crippen LogP contribution in [0.2, 0.25) is 5.02 Å². The molecule has 1 rings (SSSR count). The van der Waals surface area contributed by atoms with E-state index in [0.29, 0.717) is 0 Å². The van der Waals surface area contributed by atoms with Crippen molar-refractivity contribution in [1.82, 2.24) is 0 Å². The second-order valence-corrected chi connectivity index (χ2v) is 3.31. The Labute approximate surface area is 85.3 Å². The Morgan fingerprint density at radius 3 is 2.79 bits per heavy atom. The highest BCUT2D eigenvalue weighted by Gasteiger charge is 2.14. The SMILES string of the molecule is NC(CC(=O)O)c1ccc(Cl)cc1F. The van der Waals surface area contributed by atoms with Crippen LogP contribution in [-0.2, 0) is 4.79 Å². The van der Waals surface area contributed by atoms with Gasteiger partial charge in [0.05, 0.1) is 6.42 Å². The Kier molecular flexibility index (Phi) is 3.43. The van der Waals surface area contributed by atoms with Gasteiger partial charge in [-0.1, -0.05) is 17.7 Å². The lowest BCUT2D eigenvalue weighted by atomic mass is 10.0. The van der Waals surface area contributed by atoms with Gasteiger partial charge in [-0.25, -0.2) is 4.39 Å². The molecule has 0 radical (unpaired) electrons. The molecule has 76 valence electrons. The molecule has 0 spiro atoms. The van der Waals surface area contributed by atoms with Crippen molar-refractivity contribution < 1.29 is 14.3 Å². The van der Waals surface area contributed by atoms with E-state index < -0.39 is 17.8 Å². The van der Waals surface area contributed by atoms with Crippen LogP contribution in [0.25, 0.3) is 0 Å². The number of carboxylic acid groups (broad SMARTS) is 1. The third-order valence-corrected chi connectivity index (χ3v) is 1.99. The number of benzene rings is 1. The van der Waals surface area contributed by atoms with E-state index in [0.717, 1.165) is 6.07 Å². The second kappa shape index (κ2) is 4.39. The first-order valence-electron chi connectivity index (χ1n) is 3.93. The number of nitrogens with two attached hydrogens (primary N) is 1. The van der Waals surface area contributed by atoms with E-state index in [1.54, 1.807) is 0 Å². The molecule has 14 heavy (non-hydrogen) atoms. The Morgan fingerprint density at radius 1 is 1.64 bits per heavy atom. The molecular weight excluding hydrogens is 209 g/mol. The van der Waals surface area contributed by atoms with Crippen LogP contribution in [0.4, 0.5) is 4.39 Å². The van der Waals surface area contributed by atoms with Crippen molar-refractivity contribution in [2.24, 2.45) is 5.73 Å². The maximum Gasteiger partial charge on any atom is 0.305 e. The Balaban J connectivity index is 2.90. The minimum atomic E-state index is -1.06. The number of halogens is 2. The standard InChI is InChI=1S/C9H9ClFNO2/c10-5-1-2-6(7(11)3-5)8(12)4-9(13)14/h1-3,8H,4,12H2,(H,13,14). The number of rotatable bonds is 3. The maximum absolute atomic E-state index is 13.2. The summed E-state index contributed by atoms with van der Waals surface area (Å²) in [4.78, 5) is 10.3. The van der Waals surface area contributed by atoms with E-state index in [9.17, 15) is 9.18 Å². The van der Waals surface area contributed by atoms with E-state index in [1.165, 1.54) is 12.1 Å². The molecule has 1 unspecified atom stereocenters. The molecule has 0 aromatic heterocycles. The first-order chi connectivity index (χ1) is 6.50. The van der Waals surface area contributed by atoms with Crippen LogP contribution >= 0.6 is 11.6 Å². The van der Waals surface area contributed by atoms with E-state index in [2.05, 4.69) is 0 Å². The molecule has 0 fully saturated rings. The van der Waals surface area contributed by atoms with E-state index in [1.807, 2.05) is 0 Å². The third kappa shape index (κ3) is 2.68. The van der Waals surface area contributed by atoms with Crippen molar-refractivity contribution in [3.63, 3.8) is 0 Å². The Morgan fingerprint density at radius 2 is 2.29 bits per heavy atom. The molecule has 5 heteroatoms. The molecule has 0 heterocycles. The molecule has 0 aliphatic heterocycles. The molecule has 0 saturated heterocycles. The monoisotopic (exact) mass is 217 g/mol. The Hall–Kier alpha value is -1.13. The Bertz CT molecular complexity index is 357. The molecule has 0 bridgehead atoms. The van der Waals surface area contributed by atoms with Crippen molar-refractivity contribution in [2.45, 2.75) is 12.5 Å². The smallest absolute Gasteiger partial charge is 0.305 e. The minimum Gasteiger partial charge on any atom is -0.481 e. The van der Waals surface area contributed by atoms with Gasteiger partial charge in [0.2, 0.25) is 0 Å². The van der Waals surface area contributed by atoms with Crippen molar-refractivity contribution in [3.8, 4) is 0 Å². The summed E-state index contributed by atoms with van der Waals surface area (Å²) < 4.78 is 13.2. The first-order valence-corrected chi connectivity index (χ1v) is 4.31. The summed E-state index contributed by atoms with van der Waals surface area (Å²) in [6.45, 7) is 0. The van der Waals surface area contributed by atoms with E-state index in [-0.39, 0.29) is 17.0 Å². The summed E-state index contributed by atoms with van der Waals surface area (Å²) in [5.74, 6) is -1.64. The van der Waals surface area contributed by atoms with Gasteiger partial charge in [0.25, 0.3) is 0 Å². The van der Waals surface area contributed by atoms with Crippen LogP contribution in [-0.4, -0.2) is 11.1 Å². The van der Waals surface area contributed by atoms with Gasteiger partial charge in [0.15, 0.2) is 0 Å². The molecule has 1 aromatic carbocycles. The lowest BCUT2D eigenvalue weighted by Gasteiger charge is -2.10. The van der Waals surface area contributed by atoms with Gasteiger partial charge in [0.1, 0.15) is 5.82 Å². The van der Waals surface area contributed by atoms with Crippen LogP contribution < -0.4 is 5.73 Å². The first kappa shape index (κ1) is 10.9. The fourth-order valence-corrected chi connectivity index (χ4v) is 1.26. The minimum absolute atomic E-state index is 0.164. The van der Waals surface area contributed by atoms with Crippen molar-refractivity contribution >= 4 is 17.6 Å². The van der Waals surface area contributed by atoms with Crippen LogP contribution in [0.5, 0.6) is 0 Å².